The molecule has 0 saturated heterocycles. The zero-order chi connectivity index (χ0) is 19.4. The molecule has 148 valence electrons. The Morgan fingerprint density at radius 2 is 1.19 bits per heavy atom. The molecule has 0 bridgehead atoms. The third kappa shape index (κ3) is 3.55. The minimum absolute atomic E-state index is 0.566. The second-order valence-electron chi connectivity index (χ2n) is 8.18. The Morgan fingerprint density at radius 3 is 1.78 bits per heavy atom. The summed E-state index contributed by atoms with van der Waals surface area (Å²) < 4.78 is 31.9. The van der Waals surface area contributed by atoms with Gasteiger partial charge < -0.3 is 23.1 Å². The van der Waals surface area contributed by atoms with E-state index in [0.717, 1.165) is 37.6 Å². The van der Waals surface area contributed by atoms with E-state index in [1.807, 2.05) is 0 Å². The number of fused-ring (bicyclic) bond motifs is 2. The fourth-order valence-corrected chi connectivity index (χ4v) is 14.6. The van der Waals surface area contributed by atoms with Crippen LogP contribution >= 0.6 is 22.7 Å². The van der Waals surface area contributed by atoms with Crippen molar-refractivity contribution >= 4 is 43.8 Å². The van der Waals surface area contributed by atoms with Crippen molar-refractivity contribution in [2.45, 2.75) is 39.7 Å². The summed E-state index contributed by atoms with van der Waals surface area (Å²) in [5.74, 6) is 3.45. The molecule has 0 atom stereocenters. The van der Waals surface area contributed by atoms with Crippen LogP contribution in [-0.2, 0) is 4.12 Å². The average molecular weight is 443 g/mol. The van der Waals surface area contributed by atoms with E-state index >= 15 is 0 Å². The van der Waals surface area contributed by atoms with Crippen molar-refractivity contribution in [1.29, 1.82) is 0 Å². The van der Waals surface area contributed by atoms with Gasteiger partial charge in [0.15, 0.2) is 31.3 Å². The molecular formula is C18H26O5S2Si2. The van der Waals surface area contributed by atoms with Crippen LogP contribution in [0.3, 0.4) is 0 Å². The highest BCUT2D eigenvalue weighted by atomic mass is 32.1. The highest BCUT2D eigenvalue weighted by Gasteiger charge is 2.41. The lowest BCUT2D eigenvalue weighted by molar-refractivity contribution is 0.171. The normalized spacial score (nSPS) is 16.5. The first kappa shape index (κ1) is 19.3. The van der Waals surface area contributed by atoms with E-state index in [-0.39, 0.29) is 0 Å². The Bertz CT molecular complexity index is 866. The molecule has 0 amide bonds. The molecule has 5 nitrogen and oxygen atoms in total. The van der Waals surface area contributed by atoms with Gasteiger partial charge in [0.1, 0.15) is 26.4 Å². The summed E-state index contributed by atoms with van der Waals surface area (Å²) in [5, 5.41) is 0. The van der Waals surface area contributed by atoms with Crippen molar-refractivity contribution in [1.82, 2.24) is 0 Å². The van der Waals surface area contributed by atoms with E-state index in [2.05, 4.69) is 39.7 Å². The maximum absolute atomic E-state index is 6.64. The zero-order valence-corrected chi connectivity index (χ0v) is 20.3. The van der Waals surface area contributed by atoms with E-state index in [0.29, 0.717) is 26.4 Å². The van der Waals surface area contributed by atoms with Crippen LogP contribution in [0.5, 0.6) is 23.0 Å². The lowest BCUT2D eigenvalue weighted by Gasteiger charge is -2.31. The summed E-state index contributed by atoms with van der Waals surface area (Å²) in [4.78, 5) is 3.30. The topological polar surface area (TPSA) is 46.2 Å². The summed E-state index contributed by atoms with van der Waals surface area (Å²) in [6.07, 6.45) is 0. The predicted molar refractivity (Wildman–Crippen MR) is 116 cm³/mol. The van der Waals surface area contributed by atoms with Crippen LogP contribution in [0.25, 0.3) is 9.75 Å². The van der Waals surface area contributed by atoms with E-state index in [1.165, 1.54) is 4.50 Å². The molecule has 9 heteroatoms. The Morgan fingerprint density at radius 1 is 0.704 bits per heavy atom. The third-order valence-corrected chi connectivity index (χ3v) is 14.1. The van der Waals surface area contributed by atoms with Gasteiger partial charge in [0.2, 0.25) is 8.32 Å². The molecule has 2 aromatic rings. The molecular weight excluding hydrogens is 416 g/mol. The number of thiophene rings is 2. The predicted octanol–water partition coefficient (Wildman–Crippen LogP) is 4.59. The standard InChI is InChI=1S/C18H26O5S2Si2/c1-11-12-13(20-8-7-19-12)16(24-11)17-14-15(22-10-9-21-14)18(25-17)27(5,6)23-26(2,3)4/h7-10H2,1-6H3. The highest BCUT2D eigenvalue weighted by Crippen LogP contribution is 2.55. The van der Waals surface area contributed by atoms with E-state index < -0.39 is 16.6 Å². The number of rotatable bonds is 4. The molecule has 2 aliphatic heterocycles. The van der Waals surface area contributed by atoms with Crippen molar-refractivity contribution in [3.63, 3.8) is 0 Å². The first-order valence-electron chi connectivity index (χ1n) is 9.20. The van der Waals surface area contributed by atoms with Crippen LogP contribution in [0.4, 0.5) is 0 Å². The van der Waals surface area contributed by atoms with Crippen LogP contribution in [0.1, 0.15) is 4.88 Å². The van der Waals surface area contributed by atoms with Gasteiger partial charge in [-0.25, -0.2) is 0 Å². The molecule has 4 heterocycles. The van der Waals surface area contributed by atoms with Crippen molar-refractivity contribution in [3.05, 3.63) is 4.88 Å². The lowest BCUT2D eigenvalue weighted by Crippen LogP contribution is -2.50. The van der Waals surface area contributed by atoms with Gasteiger partial charge in [-0.2, -0.15) is 0 Å². The summed E-state index contributed by atoms with van der Waals surface area (Å²) >= 11 is 3.45. The molecule has 2 aromatic heterocycles. The molecule has 0 spiro atoms. The van der Waals surface area contributed by atoms with Gasteiger partial charge in [-0.05, 0) is 39.7 Å². The molecule has 2 aliphatic rings. The molecule has 0 fully saturated rings. The summed E-state index contributed by atoms with van der Waals surface area (Å²) in [7, 11) is -3.81. The fraction of sp³-hybridized carbons (Fsp3) is 0.556. The lowest BCUT2D eigenvalue weighted by atomic mass is 10.3. The van der Waals surface area contributed by atoms with Crippen LogP contribution in [0.2, 0.25) is 32.7 Å². The van der Waals surface area contributed by atoms with E-state index in [9.17, 15) is 0 Å². The monoisotopic (exact) mass is 442 g/mol. The Labute approximate surface area is 170 Å². The van der Waals surface area contributed by atoms with Crippen molar-refractivity contribution in [2.75, 3.05) is 26.4 Å². The summed E-state index contributed by atoms with van der Waals surface area (Å²) in [5.41, 5.74) is 0. The smallest absolute Gasteiger partial charge is 0.221 e. The largest absolute Gasteiger partial charge is 0.485 e. The molecule has 0 saturated carbocycles. The number of hydrogen-bond acceptors (Lipinski definition) is 7. The summed E-state index contributed by atoms with van der Waals surface area (Å²) in [6.45, 7) is 15.6. The summed E-state index contributed by atoms with van der Waals surface area (Å²) in [6, 6.07) is 0. The minimum Gasteiger partial charge on any atom is -0.485 e. The highest BCUT2D eigenvalue weighted by molar-refractivity contribution is 7.31. The van der Waals surface area contributed by atoms with Gasteiger partial charge in [0.25, 0.3) is 0 Å². The molecule has 0 aromatic carbocycles. The van der Waals surface area contributed by atoms with E-state index in [1.54, 1.807) is 22.7 Å². The van der Waals surface area contributed by atoms with Crippen molar-refractivity contribution < 1.29 is 23.1 Å². The molecule has 0 N–H and O–H groups in total. The van der Waals surface area contributed by atoms with E-state index in [4.69, 9.17) is 23.1 Å². The zero-order valence-electron chi connectivity index (χ0n) is 16.7. The minimum atomic E-state index is -2.13. The second-order valence-corrected chi connectivity index (χ2v) is 19.4. The van der Waals surface area contributed by atoms with Gasteiger partial charge in [-0.15, -0.1) is 22.7 Å². The maximum atomic E-state index is 6.64. The van der Waals surface area contributed by atoms with Gasteiger partial charge in [-0.3, -0.25) is 0 Å². The molecule has 0 radical (unpaired) electrons. The number of ether oxygens (including phenoxy) is 4. The molecule has 0 unspecified atom stereocenters. The van der Waals surface area contributed by atoms with Gasteiger partial charge in [0, 0.05) is 4.88 Å². The van der Waals surface area contributed by atoms with Gasteiger partial charge in [-0.1, -0.05) is 0 Å². The van der Waals surface area contributed by atoms with Crippen LogP contribution in [-0.4, -0.2) is 43.1 Å². The molecule has 4 rings (SSSR count). The fourth-order valence-electron chi connectivity index (χ4n) is 3.55. The Kier molecular flexibility index (Phi) is 4.87. The van der Waals surface area contributed by atoms with Crippen molar-refractivity contribution in [2.24, 2.45) is 0 Å². The number of hydrogen-bond donors (Lipinski definition) is 0. The van der Waals surface area contributed by atoms with Gasteiger partial charge in [0.05, 0.1) is 14.3 Å². The molecule has 27 heavy (non-hydrogen) atoms. The van der Waals surface area contributed by atoms with Crippen molar-refractivity contribution in [3.8, 4) is 32.8 Å². The second kappa shape index (κ2) is 6.80. The number of aryl methyl sites for hydroxylation is 1. The third-order valence-electron chi connectivity index (χ3n) is 4.28. The first-order chi connectivity index (χ1) is 12.7. The molecule has 0 aliphatic carbocycles. The maximum Gasteiger partial charge on any atom is 0.221 e. The van der Waals surface area contributed by atoms with Crippen LogP contribution < -0.4 is 23.4 Å². The first-order valence-corrected chi connectivity index (χ1v) is 17.1. The van der Waals surface area contributed by atoms with Crippen LogP contribution in [0, 0.1) is 6.92 Å². The van der Waals surface area contributed by atoms with Gasteiger partial charge >= 0.3 is 0 Å². The quantitative estimate of drug-likeness (QED) is 0.648. The Balaban J connectivity index is 1.85. The Hall–Kier alpha value is -1.01. The average Bonchev–Trinajstić information content (AvgIpc) is 3.12. The van der Waals surface area contributed by atoms with Crippen LogP contribution in [0.15, 0.2) is 0 Å². The SMILES string of the molecule is Cc1sc(-c2sc([Si](C)(C)O[Si](C)(C)C)c3c2OCCO3)c2c1OCCO2.